The van der Waals surface area contributed by atoms with Crippen LogP contribution in [0.1, 0.15) is 19.3 Å². The number of rotatable bonds is 3. The van der Waals surface area contributed by atoms with Gasteiger partial charge in [0.05, 0.1) is 0 Å². The van der Waals surface area contributed by atoms with Crippen LogP contribution in [0.5, 0.6) is 0 Å². The Morgan fingerprint density at radius 1 is 1.67 bits per heavy atom. The maximum absolute atomic E-state index is 4.02. The van der Waals surface area contributed by atoms with Crippen LogP contribution in [0, 0.1) is 5.92 Å². The van der Waals surface area contributed by atoms with E-state index in [1.165, 1.54) is 25.0 Å². The fourth-order valence-electron chi connectivity index (χ4n) is 1.26. The molecule has 1 heterocycles. The van der Waals surface area contributed by atoms with E-state index < -0.39 is 0 Å². The minimum absolute atomic E-state index is 0.937. The van der Waals surface area contributed by atoms with Crippen LogP contribution >= 0.6 is 11.8 Å². The molecule has 0 aliphatic heterocycles. The van der Waals surface area contributed by atoms with Gasteiger partial charge >= 0.3 is 0 Å². The Balaban J connectivity index is 1.82. The summed E-state index contributed by atoms with van der Waals surface area (Å²) in [6, 6.07) is 0. The predicted octanol–water partition coefficient (Wildman–Crippen LogP) is 1.71. The lowest BCUT2D eigenvalue weighted by Gasteiger charge is -2.24. The Hall–Kier alpha value is -0.510. The minimum Gasteiger partial charge on any atom is -0.312 e. The van der Waals surface area contributed by atoms with Crippen molar-refractivity contribution in [3.8, 4) is 0 Å². The molecule has 12 heavy (non-hydrogen) atoms. The molecule has 1 aromatic rings. The quantitative estimate of drug-likeness (QED) is 0.668. The van der Waals surface area contributed by atoms with Gasteiger partial charge in [-0.2, -0.15) is 0 Å². The number of aryl methyl sites for hydroxylation is 1. The maximum atomic E-state index is 4.02. The Kier molecular flexibility index (Phi) is 2.35. The van der Waals surface area contributed by atoms with Gasteiger partial charge in [0, 0.05) is 12.8 Å². The van der Waals surface area contributed by atoms with E-state index in [1.54, 1.807) is 6.33 Å². The molecule has 0 radical (unpaired) electrons. The number of hydrogen-bond acceptors (Lipinski definition) is 3. The molecule has 0 spiro atoms. The molecule has 0 N–H and O–H groups in total. The summed E-state index contributed by atoms with van der Waals surface area (Å²) in [5.41, 5.74) is 0. The molecule has 0 bridgehead atoms. The third-order valence-electron chi connectivity index (χ3n) is 2.34. The lowest BCUT2D eigenvalue weighted by atomic mass is 9.87. The van der Waals surface area contributed by atoms with E-state index in [2.05, 4.69) is 10.2 Å². The molecule has 1 saturated carbocycles. The van der Waals surface area contributed by atoms with Crippen LogP contribution in [0.15, 0.2) is 11.5 Å². The van der Waals surface area contributed by atoms with Gasteiger partial charge in [0.2, 0.25) is 0 Å². The zero-order valence-electron chi connectivity index (χ0n) is 7.23. The van der Waals surface area contributed by atoms with Crippen molar-refractivity contribution < 1.29 is 0 Å². The van der Waals surface area contributed by atoms with Gasteiger partial charge in [0.25, 0.3) is 0 Å². The monoisotopic (exact) mass is 183 g/mol. The van der Waals surface area contributed by atoms with Crippen LogP contribution in [0.25, 0.3) is 0 Å². The van der Waals surface area contributed by atoms with Gasteiger partial charge in [0.15, 0.2) is 5.16 Å². The molecule has 0 saturated heterocycles. The van der Waals surface area contributed by atoms with E-state index in [0.29, 0.717) is 0 Å². The molecule has 0 atom stereocenters. The smallest absolute Gasteiger partial charge is 0.190 e. The summed E-state index contributed by atoms with van der Waals surface area (Å²) in [5, 5.41) is 8.90. The maximum Gasteiger partial charge on any atom is 0.190 e. The van der Waals surface area contributed by atoms with E-state index in [-0.39, 0.29) is 0 Å². The Morgan fingerprint density at radius 3 is 3.00 bits per heavy atom. The topological polar surface area (TPSA) is 30.7 Å². The van der Waals surface area contributed by atoms with Gasteiger partial charge in [-0.25, -0.2) is 0 Å². The first kappa shape index (κ1) is 8.10. The molecular weight excluding hydrogens is 170 g/mol. The Labute approximate surface area is 76.6 Å². The number of nitrogens with zero attached hydrogens (tertiary/aromatic N) is 3. The summed E-state index contributed by atoms with van der Waals surface area (Å²) in [6.07, 6.45) is 5.99. The highest BCUT2D eigenvalue weighted by atomic mass is 32.2. The number of thioether (sulfide) groups is 1. The molecule has 0 amide bonds. The number of aromatic nitrogens is 3. The van der Waals surface area contributed by atoms with Crippen molar-refractivity contribution in [2.45, 2.75) is 24.4 Å². The fourth-order valence-corrected chi connectivity index (χ4v) is 2.33. The first-order chi connectivity index (χ1) is 5.86. The van der Waals surface area contributed by atoms with Gasteiger partial charge in [-0.1, -0.05) is 18.2 Å². The predicted molar refractivity (Wildman–Crippen MR) is 49.1 cm³/mol. The van der Waals surface area contributed by atoms with E-state index >= 15 is 0 Å². The average Bonchev–Trinajstić information content (AvgIpc) is 2.33. The van der Waals surface area contributed by atoms with Crippen molar-refractivity contribution >= 4 is 11.8 Å². The standard InChI is InChI=1S/C8H13N3S/c1-11-6-9-10-8(11)12-5-7-3-2-4-7/h6-7H,2-5H2,1H3. The molecule has 0 unspecified atom stereocenters. The minimum atomic E-state index is 0.937. The van der Waals surface area contributed by atoms with Crippen molar-refractivity contribution in [2.75, 3.05) is 5.75 Å². The molecule has 2 rings (SSSR count). The SMILES string of the molecule is Cn1cnnc1SCC1CCC1. The highest BCUT2D eigenvalue weighted by Crippen LogP contribution is 2.31. The second-order valence-electron chi connectivity index (χ2n) is 3.33. The molecule has 66 valence electrons. The van der Waals surface area contributed by atoms with Crippen molar-refractivity contribution in [3.63, 3.8) is 0 Å². The second kappa shape index (κ2) is 3.47. The highest BCUT2D eigenvalue weighted by molar-refractivity contribution is 7.99. The molecule has 3 nitrogen and oxygen atoms in total. The summed E-state index contributed by atoms with van der Waals surface area (Å²) >= 11 is 1.83. The molecule has 1 aromatic heterocycles. The van der Waals surface area contributed by atoms with Crippen molar-refractivity contribution in [1.29, 1.82) is 0 Å². The Morgan fingerprint density at radius 2 is 2.50 bits per heavy atom. The zero-order valence-corrected chi connectivity index (χ0v) is 8.05. The second-order valence-corrected chi connectivity index (χ2v) is 4.32. The molecule has 1 aliphatic rings. The van der Waals surface area contributed by atoms with Crippen LogP contribution in [0.4, 0.5) is 0 Å². The van der Waals surface area contributed by atoms with Crippen molar-refractivity contribution in [1.82, 2.24) is 14.8 Å². The highest BCUT2D eigenvalue weighted by Gasteiger charge is 2.18. The number of hydrogen-bond donors (Lipinski definition) is 0. The lowest BCUT2D eigenvalue weighted by molar-refractivity contribution is 0.353. The largest absolute Gasteiger partial charge is 0.312 e. The van der Waals surface area contributed by atoms with E-state index in [1.807, 2.05) is 23.4 Å². The molecular formula is C8H13N3S. The molecule has 1 aliphatic carbocycles. The van der Waals surface area contributed by atoms with Crippen molar-refractivity contribution in [2.24, 2.45) is 13.0 Å². The van der Waals surface area contributed by atoms with Gasteiger partial charge in [0.1, 0.15) is 6.33 Å². The first-order valence-electron chi connectivity index (χ1n) is 4.33. The van der Waals surface area contributed by atoms with Crippen LogP contribution in [0.2, 0.25) is 0 Å². The van der Waals surface area contributed by atoms with Gasteiger partial charge in [-0.15, -0.1) is 10.2 Å². The van der Waals surface area contributed by atoms with Gasteiger partial charge < -0.3 is 4.57 Å². The summed E-state index contributed by atoms with van der Waals surface area (Å²) in [5.74, 6) is 2.15. The summed E-state index contributed by atoms with van der Waals surface area (Å²) in [6.45, 7) is 0. The average molecular weight is 183 g/mol. The van der Waals surface area contributed by atoms with Crippen LogP contribution in [-0.4, -0.2) is 20.5 Å². The third-order valence-corrected chi connectivity index (χ3v) is 3.61. The van der Waals surface area contributed by atoms with Gasteiger partial charge in [-0.3, -0.25) is 0 Å². The van der Waals surface area contributed by atoms with Crippen LogP contribution < -0.4 is 0 Å². The summed E-state index contributed by atoms with van der Waals surface area (Å²) < 4.78 is 1.98. The first-order valence-corrected chi connectivity index (χ1v) is 5.31. The summed E-state index contributed by atoms with van der Waals surface area (Å²) in [7, 11) is 1.99. The summed E-state index contributed by atoms with van der Waals surface area (Å²) in [4.78, 5) is 0. The van der Waals surface area contributed by atoms with Crippen LogP contribution in [-0.2, 0) is 7.05 Å². The molecule has 1 fully saturated rings. The van der Waals surface area contributed by atoms with Gasteiger partial charge in [-0.05, 0) is 18.8 Å². The lowest BCUT2D eigenvalue weighted by Crippen LogP contribution is -2.13. The van der Waals surface area contributed by atoms with E-state index in [4.69, 9.17) is 0 Å². The third kappa shape index (κ3) is 1.63. The van der Waals surface area contributed by atoms with E-state index in [9.17, 15) is 0 Å². The van der Waals surface area contributed by atoms with Crippen LogP contribution in [0.3, 0.4) is 0 Å². The normalized spacial score (nSPS) is 17.8. The van der Waals surface area contributed by atoms with Crippen molar-refractivity contribution in [3.05, 3.63) is 6.33 Å². The fraction of sp³-hybridized carbons (Fsp3) is 0.750. The van der Waals surface area contributed by atoms with E-state index in [0.717, 1.165) is 11.1 Å². The zero-order chi connectivity index (χ0) is 8.39. The molecule has 0 aromatic carbocycles. The Bertz CT molecular complexity index is 255. The molecule has 4 heteroatoms.